The lowest BCUT2D eigenvalue weighted by Gasteiger charge is -2.40. The van der Waals surface area contributed by atoms with Gasteiger partial charge in [-0.15, -0.1) is 0 Å². The molecule has 0 heterocycles. The van der Waals surface area contributed by atoms with E-state index in [0.29, 0.717) is 5.41 Å². The lowest BCUT2D eigenvalue weighted by atomic mass is 9.82. The Hall–Kier alpha value is -0.0800. The van der Waals surface area contributed by atoms with Crippen molar-refractivity contribution in [3.63, 3.8) is 0 Å². The van der Waals surface area contributed by atoms with Crippen molar-refractivity contribution < 1.29 is 0 Å². The minimum absolute atomic E-state index is 0.251. The number of hydrogen-bond donors (Lipinski definition) is 1. The molecule has 2 aliphatic rings. The molecule has 0 spiro atoms. The number of nitrogens with zero attached hydrogens (tertiary/aromatic N) is 1. The molecule has 0 amide bonds. The molecule has 2 aliphatic carbocycles. The average Bonchev–Trinajstić information content (AvgIpc) is 2.78. The Bertz CT molecular complexity index is 282. The zero-order valence-corrected chi connectivity index (χ0v) is 14.3. The number of nitrogens with one attached hydrogen (secondary N) is 1. The lowest BCUT2D eigenvalue weighted by Crippen LogP contribution is -2.48. The summed E-state index contributed by atoms with van der Waals surface area (Å²) in [5, 5.41) is 3.79. The summed E-state index contributed by atoms with van der Waals surface area (Å²) >= 11 is 0. The summed E-state index contributed by atoms with van der Waals surface area (Å²) in [6.07, 6.45) is 10.2. The Labute approximate surface area is 126 Å². The molecule has 20 heavy (non-hydrogen) atoms. The SMILES string of the molecule is CCN(CC1CCC1)CC1(CNC(C)(C)C)CCCC1. The molecule has 118 valence electrons. The average molecular weight is 281 g/mol. The summed E-state index contributed by atoms with van der Waals surface area (Å²) in [5.74, 6) is 1.00. The van der Waals surface area contributed by atoms with Crippen LogP contribution in [0.25, 0.3) is 0 Å². The smallest absolute Gasteiger partial charge is 0.00967 e. The fraction of sp³-hybridized carbons (Fsp3) is 1.00. The zero-order valence-electron chi connectivity index (χ0n) is 14.3. The molecular formula is C18H36N2. The van der Waals surface area contributed by atoms with Gasteiger partial charge in [0.05, 0.1) is 0 Å². The Kier molecular flexibility index (Phi) is 5.53. The molecule has 0 saturated heterocycles. The van der Waals surface area contributed by atoms with Crippen LogP contribution in [0.4, 0.5) is 0 Å². The minimum Gasteiger partial charge on any atom is -0.311 e. The third kappa shape index (κ3) is 4.73. The van der Waals surface area contributed by atoms with E-state index in [9.17, 15) is 0 Å². The van der Waals surface area contributed by atoms with Crippen molar-refractivity contribution in [2.24, 2.45) is 11.3 Å². The predicted octanol–water partition coefficient (Wildman–Crippen LogP) is 4.06. The minimum atomic E-state index is 0.251. The van der Waals surface area contributed by atoms with Crippen molar-refractivity contribution in [2.75, 3.05) is 26.2 Å². The highest BCUT2D eigenvalue weighted by molar-refractivity contribution is 4.91. The van der Waals surface area contributed by atoms with Gasteiger partial charge in [0.15, 0.2) is 0 Å². The molecular weight excluding hydrogens is 244 g/mol. The largest absolute Gasteiger partial charge is 0.311 e. The third-order valence-corrected chi connectivity index (χ3v) is 5.41. The van der Waals surface area contributed by atoms with Crippen molar-refractivity contribution in [3.05, 3.63) is 0 Å². The first-order valence-corrected chi connectivity index (χ1v) is 8.90. The van der Waals surface area contributed by atoms with Crippen molar-refractivity contribution >= 4 is 0 Å². The molecule has 2 heteroatoms. The topological polar surface area (TPSA) is 15.3 Å². The fourth-order valence-corrected chi connectivity index (χ4v) is 3.79. The Morgan fingerprint density at radius 3 is 2.20 bits per heavy atom. The number of rotatable bonds is 7. The van der Waals surface area contributed by atoms with Crippen LogP contribution in [0.5, 0.6) is 0 Å². The van der Waals surface area contributed by atoms with E-state index in [1.165, 1.54) is 71.1 Å². The molecule has 2 rings (SSSR count). The van der Waals surface area contributed by atoms with Crippen LogP contribution < -0.4 is 5.32 Å². The molecule has 2 fully saturated rings. The normalized spacial score (nSPS) is 23.2. The van der Waals surface area contributed by atoms with E-state index in [0.717, 1.165) is 5.92 Å². The summed E-state index contributed by atoms with van der Waals surface area (Å²) in [5.41, 5.74) is 0.799. The van der Waals surface area contributed by atoms with Gasteiger partial charge in [0.2, 0.25) is 0 Å². The number of hydrogen-bond acceptors (Lipinski definition) is 2. The molecule has 0 bridgehead atoms. The molecule has 0 aliphatic heterocycles. The first-order valence-electron chi connectivity index (χ1n) is 8.90. The summed E-state index contributed by atoms with van der Waals surface area (Å²) in [6.45, 7) is 14.3. The maximum absolute atomic E-state index is 3.79. The Balaban J connectivity index is 1.88. The second kappa shape index (κ2) is 6.79. The van der Waals surface area contributed by atoms with E-state index in [-0.39, 0.29) is 5.54 Å². The Morgan fingerprint density at radius 2 is 1.75 bits per heavy atom. The second-order valence-electron chi connectivity index (χ2n) is 8.44. The van der Waals surface area contributed by atoms with E-state index < -0.39 is 0 Å². The van der Waals surface area contributed by atoms with Gasteiger partial charge >= 0.3 is 0 Å². The molecule has 0 atom stereocenters. The molecule has 0 unspecified atom stereocenters. The van der Waals surface area contributed by atoms with Crippen LogP contribution in [-0.2, 0) is 0 Å². The van der Waals surface area contributed by atoms with Crippen molar-refractivity contribution in [1.82, 2.24) is 10.2 Å². The zero-order chi connectivity index (χ0) is 14.6. The van der Waals surface area contributed by atoms with Crippen LogP contribution in [0.3, 0.4) is 0 Å². The van der Waals surface area contributed by atoms with Gasteiger partial charge in [-0.25, -0.2) is 0 Å². The van der Waals surface area contributed by atoms with E-state index in [1.54, 1.807) is 0 Å². The quantitative estimate of drug-likeness (QED) is 0.756. The maximum Gasteiger partial charge on any atom is 0.00967 e. The third-order valence-electron chi connectivity index (χ3n) is 5.41. The summed E-state index contributed by atoms with van der Waals surface area (Å²) < 4.78 is 0. The lowest BCUT2D eigenvalue weighted by molar-refractivity contribution is 0.111. The van der Waals surface area contributed by atoms with Crippen LogP contribution in [0.2, 0.25) is 0 Å². The van der Waals surface area contributed by atoms with Crippen molar-refractivity contribution in [3.8, 4) is 0 Å². The van der Waals surface area contributed by atoms with E-state index in [4.69, 9.17) is 0 Å². The van der Waals surface area contributed by atoms with Gasteiger partial charge in [-0.2, -0.15) is 0 Å². The van der Waals surface area contributed by atoms with Crippen molar-refractivity contribution in [2.45, 2.75) is 78.2 Å². The van der Waals surface area contributed by atoms with Gasteiger partial charge in [0.1, 0.15) is 0 Å². The van der Waals surface area contributed by atoms with Crippen LogP contribution in [0, 0.1) is 11.3 Å². The molecule has 0 aromatic heterocycles. The van der Waals surface area contributed by atoms with Gasteiger partial charge in [0, 0.05) is 25.2 Å². The monoisotopic (exact) mass is 280 g/mol. The molecule has 0 aromatic carbocycles. The van der Waals surface area contributed by atoms with Crippen LogP contribution in [-0.4, -0.2) is 36.6 Å². The molecule has 2 nitrogen and oxygen atoms in total. The van der Waals surface area contributed by atoms with Crippen LogP contribution >= 0.6 is 0 Å². The highest BCUT2D eigenvalue weighted by Crippen LogP contribution is 2.39. The first-order chi connectivity index (χ1) is 9.42. The van der Waals surface area contributed by atoms with Gasteiger partial charge in [-0.3, -0.25) is 0 Å². The van der Waals surface area contributed by atoms with Gasteiger partial charge in [-0.1, -0.05) is 26.2 Å². The van der Waals surface area contributed by atoms with Gasteiger partial charge in [-0.05, 0) is 64.3 Å². The molecule has 0 radical (unpaired) electrons. The standard InChI is InChI=1S/C18H36N2/c1-5-20(13-16-9-8-10-16)15-18(11-6-7-12-18)14-19-17(2,3)4/h16,19H,5-15H2,1-4H3. The van der Waals surface area contributed by atoms with Crippen LogP contribution in [0.1, 0.15) is 72.6 Å². The highest BCUT2D eigenvalue weighted by atomic mass is 15.1. The van der Waals surface area contributed by atoms with Gasteiger partial charge in [0.25, 0.3) is 0 Å². The second-order valence-corrected chi connectivity index (χ2v) is 8.44. The first kappa shape index (κ1) is 16.3. The van der Waals surface area contributed by atoms with E-state index >= 15 is 0 Å². The van der Waals surface area contributed by atoms with E-state index in [1.807, 2.05) is 0 Å². The van der Waals surface area contributed by atoms with E-state index in [2.05, 4.69) is 37.9 Å². The summed E-state index contributed by atoms with van der Waals surface area (Å²) in [7, 11) is 0. The van der Waals surface area contributed by atoms with Crippen LogP contribution in [0.15, 0.2) is 0 Å². The Morgan fingerprint density at radius 1 is 1.10 bits per heavy atom. The molecule has 1 N–H and O–H groups in total. The maximum atomic E-state index is 3.79. The highest BCUT2D eigenvalue weighted by Gasteiger charge is 2.36. The molecule has 2 saturated carbocycles. The van der Waals surface area contributed by atoms with Gasteiger partial charge < -0.3 is 10.2 Å². The predicted molar refractivity (Wildman–Crippen MR) is 88.1 cm³/mol. The fourth-order valence-electron chi connectivity index (χ4n) is 3.79. The summed E-state index contributed by atoms with van der Waals surface area (Å²) in [4.78, 5) is 2.75. The van der Waals surface area contributed by atoms with Crippen molar-refractivity contribution in [1.29, 1.82) is 0 Å². The summed E-state index contributed by atoms with van der Waals surface area (Å²) in [6, 6.07) is 0. The molecule has 0 aromatic rings.